The average molecular weight is 224 g/mol. The number of rotatable bonds is 5. The Balaban J connectivity index is 2.80. The summed E-state index contributed by atoms with van der Waals surface area (Å²) in [5.41, 5.74) is 1.22. The van der Waals surface area contributed by atoms with Crippen molar-refractivity contribution in [2.24, 2.45) is 5.92 Å². The molecule has 0 saturated carbocycles. The molecule has 84 valence electrons. The van der Waals surface area contributed by atoms with E-state index in [1.54, 1.807) is 0 Å². The van der Waals surface area contributed by atoms with Crippen LogP contribution in [0, 0.1) is 10.6 Å². The third-order valence-corrected chi connectivity index (χ3v) is 2.45. The smallest absolute Gasteiger partial charge is 0.129 e. The maximum atomic E-state index is 5.16. The third-order valence-electron chi connectivity index (χ3n) is 2.24. The van der Waals surface area contributed by atoms with Crippen molar-refractivity contribution in [2.75, 3.05) is 0 Å². The molecule has 0 spiro atoms. The van der Waals surface area contributed by atoms with Crippen LogP contribution in [0.5, 0.6) is 0 Å². The Bertz CT molecular complexity index is 355. The third kappa shape index (κ3) is 4.56. The first kappa shape index (κ1) is 12.4. The molecule has 1 aromatic rings. The predicted molar refractivity (Wildman–Crippen MR) is 66.6 cm³/mol. The van der Waals surface area contributed by atoms with Crippen molar-refractivity contribution in [1.82, 2.24) is 9.97 Å². The summed E-state index contributed by atoms with van der Waals surface area (Å²) in [7, 11) is 0. The molecule has 0 bridgehead atoms. The molecular weight excluding hydrogens is 204 g/mol. The SMILES string of the molecule is CCCCc1nc(=S)cc(CC(C)C)[nH]1. The lowest BCUT2D eigenvalue weighted by atomic mass is 10.1. The van der Waals surface area contributed by atoms with E-state index in [9.17, 15) is 0 Å². The molecule has 0 aliphatic heterocycles. The first-order valence-corrected chi connectivity index (χ1v) is 6.11. The topological polar surface area (TPSA) is 28.7 Å². The Morgan fingerprint density at radius 2 is 2.20 bits per heavy atom. The van der Waals surface area contributed by atoms with Gasteiger partial charge in [0.25, 0.3) is 0 Å². The molecule has 2 nitrogen and oxygen atoms in total. The number of unbranched alkanes of at least 4 members (excludes halogenated alkanes) is 1. The zero-order valence-corrected chi connectivity index (χ0v) is 10.7. The lowest BCUT2D eigenvalue weighted by molar-refractivity contribution is 0.626. The van der Waals surface area contributed by atoms with Crippen LogP contribution in [0.4, 0.5) is 0 Å². The maximum absolute atomic E-state index is 5.16. The number of nitrogens with zero attached hydrogens (tertiary/aromatic N) is 1. The van der Waals surface area contributed by atoms with Crippen molar-refractivity contribution in [3.05, 3.63) is 22.2 Å². The first-order chi connectivity index (χ1) is 7.11. The van der Waals surface area contributed by atoms with Crippen LogP contribution in [0.2, 0.25) is 0 Å². The van der Waals surface area contributed by atoms with E-state index in [1.165, 1.54) is 18.5 Å². The van der Waals surface area contributed by atoms with Gasteiger partial charge in [-0.05, 0) is 24.8 Å². The second kappa shape index (κ2) is 6.01. The van der Waals surface area contributed by atoms with Gasteiger partial charge in [0.05, 0.1) is 0 Å². The number of hydrogen-bond acceptors (Lipinski definition) is 2. The summed E-state index contributed by atoms with van der Waals surface area (Å²) in [5.74, 6) is 1.69. The number of aryl methyl sites for hydroxylation is 1. The lowest BCUT2D eigenvalue weighted by Gasteiger charge is -2.07. The van der Waals surface area contributed by atoms with Crippen LogP contribution in [0.25, 0.3) is 0 Å². The number of aromatic amines is 1. The lowest BCUT2D eigenvalue weighted by Crippen LogP contribution is -2.03. The van der Waals surface area contributed by atoms with Crippen LogP contribution < -0.4 is 0 Å². The fourth-order valence-electron chi connectivity index (χ4n) is 1.58. The number of hydrogen-bond donors (Lipinski definition) is 1. The van der Waals surface area contributed by atoms with Crippen molar-refractivity contribution >= 4 is 12.2 Å². The Labute approximate surface area is 97.1 Å². The van der Waals surface area contributed by atoms with Gasteiger partial charge in [-0.25, -0.2) is 4.98 Å². The van der Waals surface area contributed by atoms with Gasteiger partial charge in [0, 0.05) is 12.1 Å². The van der Waals surface area contributed by atoms with Crippen molar-refractivity contribution < 1.29 is 0 Å². The number of aromatic nitrogens is 2. The summed E-state index contributed by atoms with van der Waals surface area (Å²) in [5, 5.41) is 0. The van der Waals surface area contributed by atoms with Gasteiger partial charge in [0.15, 0.2) is 0 Å². The minimum Gasteiger partial charge on any atom is -0.347 e. The molecule has 0 aromatic carbocycles. The van der Waals surface area contributed by atoms with E-state index >= 15 is 0 Å². The van der Waals surface area contributed by atoms with E-state index in [0.717, 1.165) is 23.3 Å². The molecule has 0 radical (unpaired) electrons. The fourth-order valence-corrected chi connectivity index (χ4v) is 1.83. The summed E-state index contributed by atoms with van der Waals surface area (Å²) < 4.78 is 0.718. The zero-order valence-electron chi connectivity index (χ0n) is 9.84. The van der Waals surface area contributed by atoms with Gasteiger partial charge in [-0.15, -0.1) is 0 Å². The van der Waals surface area contributed by atoms with Gasteiger partial charge in [-0.2, -0.15) is 0 Å². The molecular formula is C12H20N2S. The van der Waals surface area contributed by atoms with Gasteiger partial charge in [0.2, 0.25) is 0 Å². The molecule has 0 amide bonds. The van der Waals surface area contributed by atoms with Crippen LogP contribution in [-0.2, 0) is 12.8 Å². The van der Waals surface area contributed by atoms with Crippen LogP contribution in [0.15, 0.2) is 6.07 Å². The van der Waals surface area contributed by atoms with Gasteiger partial charge < -0.3 is 4.98 Å². The Hall–Kier alpha value is -0.700. The van der Waals surface area contributed by atoms with Gasteiger partial charge in [-0.1, -0.05) is 39.4 Å². The van der Waals surface area contributed by atoms with Gasteiger partial charge in [-0.3, -0.25) is 0 Å². The fraction of sp³-hybridized carbons (Fsp3) is 0.667. The van der Waals surface area contributed by atoms with E-state index in [-0.39, 0.29) is 0 Å². The van der Waals surface area contributed by atoms with E-state index in [4.69, 9.17) is 12.2 Å². The first-order valence-electron chi connectivity index (χ1n) is 5.71. The molecule has 1 rings (SSSR count). The quantitative estimate of drug-likeness (QED) is 0.773. The van der Waals surface area contributed by atoms with Crippen LogP contribution in [-0.4, -0.2) is 9.97 Å². The minimum atomic E-state index is 0.650. The van der Waals surface area contributed by atoms with Crippen LogP contribution >= 0.6 is 12.2 Å². The highest BCUT2D eigenvalue weighted by Gasteiger charge is 2.01. The molecule has 0 atom stereocenters. The molecule has 0 aliphatic carbocycles. The van der Waals surface area contributed by atoms with E-state index in [2.05, 4.69) is 30.7 Å². The second-order valence-electron chi connectivity index (χ2n) is 4.39. The van der Waals surface area contributed by atoms with E-state index < -0.39 is 0 Å². The van der Waals surface area contributed by atoms with Crippen molar-refractivity contribution in [1.29, 1.82) is 0 Å². The molecule has 0 aliphatic rings. The predicted octanol–water partition coefficient (Wildman–Crippen LogP) is 3.68. The minimum absolute atomic E-state index is 0.650. The standard InChI is InChI=1S/C12H20N2S/c1-4-5-6-11-13-10(7-9(2)3)8-12(15)14-11/h8-9H,4-7H2,1-3H3,(H,13,14,15). The highest BCUT2D eigenvalue weighted by Crippen LogP contribution is 2.07. The molecule has 15 heavy (non-hydrogen) atoms. The summed E-state index contributed by atoms with van der Waals surface area (Å²) in [6.45, 7) is 6.61. The largest absolute Gasteiger partial charge is 0.347 e. The maximum Gasteiger partial charge on any atom is 0.129 e. The average Bonchev–Trinajstić information content (AvgIpc) is 2.12. The monoisotopic (exact) mass is 224 g/mol. The van der Waals surface area contributed by atoms with Gasteiger partial charge >= 0.3 is 0 Å². The Morgan fingerprint density at radius 1 is 1.47 bits per heavy atom. The molecule has 1 aromatic heterocycles. The van der Waals surface area contributed by atoms with E-state index in [0.29, 0.717) is 5.92 Å². The molecule has 1 heterocycles. The molecule has 0 fully saturated rings. The molecule has 1 N–H and O–H groups in total. The normalized spacial score (nSPS) is 10.9. The highest BCUT2D eigenvalue weighted by molar-refractivity contribution is 7.71. The highest BCUT2D eigenvalue weighted by atomic mass is 32.1. The van der Waals surface area contributed by atoms with Crippen LogP contribution in [0.1, 0.15) is 45.1 Å². The van der Waals surface area contributed by atoms with Crippen LogP contribution in [0.3, 0.4) is 0 Å². The Morgan fingerprint density at radius 3 is 2.80 bits per heavy atom. The summed E-state index contributed by atoms with van der Waals surface area (Å²) in [4.78, 5) is 7.71. The second-order valence-corrected chi connectivity index (χ2v) is 4.81. The summed E-state index contributed by atoms with van der Waals surface area (Å²) in [6.07, 6.45) is 4.41. The number of nitrogens with one attached hydrogen (secondary N) is 1. The molecule has 0 saturated heterocycles. The molecule has 3 heteroatoms. The number of H-pyrrole nitrogens is 1. The summed E-state index contributed by atoms with van der Waals surface area (Å²) in [6, 6.07) is 1.98. The van der Waals surface area contributed by atoms with Gasteiger partial charge in [0.1, 0.15) is 10.5 Å². The molecule has 0 unspecified atom stereocenters. The van der Waals surface area contributed by atoms with Crippen molar-refractivity contribution in [3.8, 4) is 0 Å². The van der Waals surface area contributed by atoms with Crippen molar-refractivity contribution in [2.45, 2.75) is 46.5 Å². The zero-order chi connectivity index (χ0) is 11.3. The summed E-state index contributed by atoms with van der Waals surface area (Å²) >= 11 is 5.16. The van der Waals surface area contributed by atoms with Crippen molar-refractivity contribution in [3.63, 3.8) is 0 Å². The van der Waals surface area contributed by atoms with E-state index in [1.807, 2.05) is 6.07 Å². The Kier molecular flexibility index (Phi) is 4.95.